The molecule has 5 heteroatoms. The molecular weight excluding hydrogens is 304 g/mol. The lowest BCUT2D eigenvalue weighted by molar-refractivity contribution is -0.126. The van der Waals surface area contributed by atoms with Gasteiger partial charge >= 0.3 is 0 Å². The van der Waals surface area contributed by atoms with Gasteiger partial charge in [0.2, 0.25) is 11.8 Å². The lowest BCUT2D eigenvalue weighted by atomic mass is 10.1. The third-order valence-corrected chi connectivity index (χ3v) is 5.48. The Bertz CT molecular complexity index is 652. The standard InChI is InChI=1S/C19H24N2O3/c22-18-9-16(19(23)20-10-13-6-7-24-12-13)11-21(18)17-5-4-14-2-1-3-15(14)8-17/h4-5,8,13,16H,1-3,6-7,9-12H2,(H,20,23)/t13-,16-/m1/s1. The first-order valence-corrected chi connectivity index (χ1v) is 8.98. The van der Waals surface area contributed by atoms with Gasteiger partial charge < -0.3 is 15.0 Å². The van der Waals surface area contributed by atoms with Crippen molar-refractivity contribution in [2.45, 2.75) is 32.1 Å². The summed E-state index contributed by atoms with van der Waals surface area (Å²) in [5.41, 5.74) is 3.70. The molecule has 1 aromatic rings. The van der Waals surface area contributed by atoms with Gasteiger partial charge in [-0.3, -0.25) is 9.59 Å². The predicted octanol–water partition coefficient (Wildman–Crippen LogP) is 1.68. The first-order valence-electron chi connectivity index (χ1n) is 8.98. The SMILES string of the molecule is O=C(NC[C@H]1CCOC1)[C@@H]1CC(=O)N(c2ccc3c(c2)CCC3)C1. The van der Waals surface area contributed by atoms with E-state index in [1.54, 1.807) is 4.90 Å². The van der Waals surface area contributed by atoms with Crippen LogP contribution in [-0.2, 0) is 27.2 Å². The molecule has 0 saturated carbocycles. The second kappa shape index (κ2) is 6.55. The van der Waals surface area contributed by atoms with Gasteiger partial charge in [-0.05, 0) is 48.9 Å². The minimum atomic E-state index is -0.243. The number of rotatable bonds is 4. The van der Waals surface area contributed by atoms with Crippen molar-refractivity contribution in [2.24, 2.45) is 11.8 Å². The van der Waals surface area contributed by atoms with Crippen molar-refractivity contribution in [1.82, 2.24) is 5.32 Å². The highest BCUT2D eigenvalue weighted by Crippen LogP contribution is 2.30. The molecule has 2 amide bonds. The fourth-order valence-electron chi connectivity index (χ4n) is 3.99. The van der Waals surface area contributed by atoms with E-state index in [1.165, 1.54) is 17.5 Å². The van der Waals surface area contributed by atoms with Gasteiger partial charge in [0, 0.05) is 37.7 Å². The van der Waals surface area contributed by atoms with Crippen molar-refractivity contribution in [1.29, 1.82) is 0 Å². The van der Waals surface area contributed by atoms with Gasteiger partial charge in [-0.15, -0.1) is 0 Å². The number of amides is 2. The van der Waals surface area contributed by atoms with Crippen LogP contribution >= 0.6 is 0 Å². The Morgan fingerprint density at radius 1 is 1.29 bits per heavy atom. The molecule has 0 bridgehead atoms. The van der Waals surface area contributed by atoms with E-state index < -0.39 is 0 Å². The van der Waals surface area contributed by atoms with Crippen molar-refractivity contribution in [3.8, 4) is 0 Å². The molecule has 2 aliphatic heterocycles. The molecule has 0 radical (unpaired) electrons. The summed E-state index contributed by atoms with van der Waals surface area (Å²) in [6.45, 7) is 2.66. The molecule has 2 fully saturated rings. The van der Waals surface area contributed by atoms with Crippen LogP contribution in [0.3, 0.4) is 0 Å². The third-order valence-electron chi connectivity index (χ3n) is 5.48. The number of hydrogen-bond acceptors (Lipinski definition) is 3. The maximum Gasteiger partial charge on any atom is 0.227 e. The average molecular weight is 328 g/mol. The maximum atomic E-state index is 12.4. The number of aryl methyl sites for hydroxylation is 2. The van der Waals surface area contributed by atoms with Crippen LogP contribution in [0, 0.1) is 11.8 Å². The van der Waals surface area contributed by atoms with E-state index >= 15 is 0 Å². The van der Waals surface area contributed by atoms with Crippen LogP contribution in [0.1, 0.15) is 30.4 Å². The second-order valence-corrected chi connectivity index (χ2v) is 7.19. The summed E-state index contributed by atoms with van der Waals surface area (Å²) in [7, 11) is 0. The summed E-state index contributed by atoms with van der Waals surface area (Å²) in [4.78, 5) is 26.5. The molecule has 1 aliphatic carbocycles. The molecule has 0 aromatic heterocycles. The topological polar surface area (TPSA) is 58.6 Å². The minimum absolute atomic E-state index is 0.00101. The van der Waals surface area contributed by atoms with Gasteiger partial charge in [0.15, 0.2) is 0 Å². The molecule has 3 aliphatic rings. The van der Waals surface area contributed by atoms with Crippen LogP contribution in [0.4, 0.5) is 5.69 Å². The van der Waals surface area contributed by atoms with Crippen LogP contribution < -0.4 is 10.2 Å². The number of carbonyl (C=O) groups is 2. The Hall–Kier alpha value is -1.88. The number of ether oxygens (including phenoxy) is 1. The number of nitrogens with one attached hydrogen (secondary N) is 1. The molecule has 2 atom stereocenters. The Labute approximate surface area is 142 Å². The first kappa shape index (κ1) is 15.6. The van der Waals surface area contributed by atoms with E-state index in [9.17, 15) is 9.59 Å². The van der Waals surface area contributed by atoms with Gasteiger partial charge in [-0.25, -0.2) is 0 Å². The largest absolute Gasteiger partial charge is 0.381 e. The van der Waals surface area contributed by atoms with Gasteiger partial charge in [0.25, 0.3) is 0 Å². The first-order chi connectivity index (χ1) is 11.7. The number of carbonyl (C=O) groups excluding carboxylic acids is 2. The van der Waals surface area contributed by atoms with Gasteiger partial charge in [0.05, 0.1) is 12.5 Å². The average Bonchev–Trinajstić information content (AvgIpc) is 3.32. The zero-order chi connectivity index (χ0) is 16.5. The Balaban J connectivity index is 1.38. The molecule has 5 nitrogen and oxygen atoms in total. The Morgan fingerprint density at radius 3 is 3.00 bits per heavy atom. The molecule has 128 valence electrons. The van der Waals surface area contributed by atoms with Crippen LogP contribution in [0.2, 0.25) is 0 Å². The number of benzene rings is 1. The highest BCUT2D eigenvalue weighted by molar-refractivity contribution is 6.00. The van der Waals surface area contributed by atoms with Crippen LogP contribution in [0.5, 0.6) is 0 Å². The smallest absolute Gasteiger partial charge is 0.227 e. The van der Waals surface area contributed by atoms with Crippen molar-refractivity contribution in [3.05, 3.63) is 29.3 Å². The zero-order valence-electron chi connectivity index (χ0n) is 13.9. The van der Waals surface area contributed by atoms with E-state index in [-0.39, 0.29) is 17.7 Å². The number of fused-ring (bicyclic) bond motifs is 1. The van der Waals surface area contributed by atoms with Gasteiger partial charge in [-0.2, -0.15) is 0 Å². The second-order valence-electron chi connectivity index (χ2n) is 7.19. The van der Waals surface area contributed by atoms with Crippen LogP contribution in [0.15, 0.2) is 18.2 Å². The van der Waals surface area contributed by atoms with Crippen molar-refractivity contribution >= 4 is 17.5 Å². The van der Waals surface area contributed by atoms with E-state index in [1.807, 2.05) is 6.07 Å². The molecule has 0 unspecified atom stereocenters. The molecule has 4 rings (SSSR count). The number of anilines is 1. The third kappa shape index (κ3) is 3.05. The van der Waals surface area contributed by atoms with Crippen LogP contribution in [-0.4, -0.2) is 38.1 Å². The molecule has 2 saturated heterocycles. The van der Waals surface area contributed by atoms with Gasteiger partial charge in [0.1, 0.15) is 0 Å². The monoisotopic (exact) mass is 328 g/mol. The molecule has 1 aromatic carbocycles. The fraction of sp³-hybridized carbons (Fsp3) is 0.579. The van der Waals surface area contributed by atoms with Crippen LogP contribution in [0.25, 0.3) is 0 Å². The quantitative estimate of drug-likeness (QED) is 0.915. The summed E-state index contributed by atoms with van der Waals surface area (Å²) in [5, 5.41) is 3.00. The summed E-state index contributed by atoms with van der Waals surface area (Å²) in [6, 6.07) is 6.30. The molecule has 0 spiro atoms. The predicted molar refractivity (Wildman–Crippen MR) is 90.9 cm³/mol. The number of nitrogens with zero attached hydrogens (tertiary/aromatic N) is 1. The number of hydrogen-bond donors (Lipinski definition) is 1. The summed E-state index contributed by atoms with van der Waals surface area (Å²) in [5.74, 6) is 0.225. The maximum absolute atomic E-state index is 12.4. The highest BCUT2D eigenvalue weighted by Gasteiger charge is 2.35. The zero-order valence-corrected chi connectivity index (χ0v) is 13.9. The van der Waals surface area contributed by atoms with Crippen molar-refractivity contribution in [3.63, 3.8) is 0 Å². The van der Waals surface area contributed by atoms with Gasteiger partial charge in [-0.1, -0.05) is 6.07 Å². The van der Waals surface area contributed by atoms with E-state index in [2.05, 4.69) is 17.4 Å². The Kier molecular flexibility index (Phi) is 4.27. The minimum Gasteiger partial charge on any atom is -0.381 e. The Morgan fingerprint density at radius 2 is 2.17 bits per heavy atom. The summed E-state index contributed by atoms with van der Waals surface area (Å²) < 4.78 is 5.33. The van der Waals surface area contributed by atoms with E-state index in [0.717, 1.165) is 38.2 Å². The highest BCUT2D eigenvalue weighted by atomic mass is 16.5. The van der Waals surface area contributed by atoms with Crippen molar-refractivity contribution < 1.29 is 14.3 Å². The lowest BCUT2D eigenvalue weighted by Gasteiger charge is -2.18. The summed E-state index contributed by atoms with van der Waals surface area (Å²) >= 11 is 0. The molecule has 24 heavy (non-hydrogen) atoms. The normalized spacial score (nSPS) is 26.0. The fourth-order valence-corrected chi connectivity index (χ4v) is 3.99. The summed E-state index contributed by atoms with van der Waals surface area (Å²) in [6.07, 6.45) is 4.75. The molecular formula is C19H24N2O3. The van der Waals surface area contributed by atoms with Crippen molar-refractivity contribution in [2.75, 3.05) is 31.2 Å². The molecule has 2 heterocycles. The lowest BCUT2D eigenvalue weighted by Crippen LogP contribution is -2.36. The van der Waals surface area contributed by atoms with E-state index in [0.29, 0.717) is 25.4 Å². The molecule has 1 N–H and O–H groups in total. The van der Waals surface area contributed by atoms with E-state index in [4.69, 9.17) is 4.74 Å².